The normalized spacial score (nSPS) is 8.44. The molecule has 50 valence electrons. The van der Waals surface area contributed by atoms with Gasteiger partial charge in [0.2, 0.25) is 0 Å². The van der Waals surface area contributed by atoms with Gasteiger partial charge in [0.25, 0.3) is 0 Å². The molecule has 0 aliphatic rings. The Morgan fingerprint density at radius 3 is 2.78 bits per heavy atom. The highest BCUT2D eigenvalue weighted by Gasteiger charge is 1.90. The fourth-order valence-electron chi connectivity index (χ4n) is 0.225. The lowest BCUT2D eigenvalue weighted by molar-refractivity contribution is -0.283. The van der Waals surface area contributed by atoms with Crippen LogP contribution in [0.15, 0.2) is 12.3 Å². The van der Waals surface area contributed by atoms with Gasteiger partial charge in [-0.3, -0.25) is 0 Å². The van der Waals surface area contributed by atoms with E-state index < -0.39 is 0 Å². The largest absolute Gasteiger partial charge is 0.243 e. The molecule has 0 heterocycles. The molecule has 0 atom stereocenters. The predicted molar refractivity (Wildman–Crippen MR) is 33.3 cm³/mol. The van der Waals surface area contributed by atoms with Crippen LogP contribution >= 0.6 is 0 Å². The summed E-state index contributed by atoms with van der Waals surface area (Å²) in [7, 11) is 0. The van der Waals surface area contributed by atoms with Crippen LogP contribution < -0.4 is 0 Å². The molecular weight excluding hydrogens is 118 g/mol. The van der Waals surface area contributed by atoms with E-state index in [2.05, 4.69) is 21.2 Å². The molecule has 0 unspecified atom stereocenters. The van der Waals surface area contributed by atoms with E-state index in [9.17, 15) is 0 Å². The zero-order valence-corrected chi connectivity index (χ0v) is 5.39. The minimum absolute atomic E-state index is 0.164. The van der Waals surface area contributed by atoms with E-state index in [-0.39, 0.29) is 6.61 Å². The molecule has 0 radical (unpaired) electrons. The Bertz CT molecular complexity index is 126. The maximum atomic E-state index is 6.43. The molecule has 0 fully saturated rings. The molecule has 0 aromatic heterocycles. The van der Waals surface area contributed by atoms with Crippen molar-refractivity contribution in [1.82, 2.24) is 0 Å². The minimum atomic E-state index is 0.164. The van der Waals surface area contributed by atoms with Crippen LogP contribution in [0.25, 0.3) is 4.85 Å². The highest BCUT2D eigenvalue weighted by Crippen LogP contribution is 1.91. The van der Waals surface area contributed by atoms with Gasteiger partial charge >= 0.3 is 0 Å². The number of nitrogens with zero attached hydrogens (tertiary/aromatic N) is 1. The van der Waals surface area contributed by atoms with E-state index in [1.54, 1.807) is 6.92 Å². The second kappa shape index (κ2) is 5.29. The van der Waals surface area contributed by atoms with Crippen molar-refractivity contribution in [2.45, 2.75) is 6.92 Å². The van der Waals surface area contributed by atoms with Gasteiger partial charge in [-0.05, 0) is 6.92 Å². The third kappa shape index (κ3) is 5.01. The summed E-state index contributed by atoms with van der Waals surface area (Å²) in [5.41, 5.74) is 0.350. The monoisotopic (exact) mass is 127 g/mol. The lowest BCUT2D eigenvalue weighted by Gasteiger charge is -1.96. The summed E-state index contributed by atoms with van der Waals surface area (Å²) in [4.78, 5) is 12.0. The molecule has 0 saturated heterocycles. The summed E-state index contributed by atoms with van der Waals surface area (Å²) in [6, 6.07) is 0. The minimum Gasteiger partial charge on any atom is -0.243 e. The molecule has 0 aliphatic carbocycles. The molecule has 0 bridgehead atoms. The van der Waals surface area contributed by atoms with E-state index in [4.69, 9.17) is 6.57 Å². The lowest BCUT2D eigenvalue weighted by Crippen LogP contribution is -1.95. The van der Waals surface area contributed by atoms with E-state index in [0.29, 0.717) is 12.3 Å². The Labute approximate surface area is 54.6 Å². The maximum Gasteiger partial charge on any atom is 0.186 e. The summed E-state index contributed by atoms with van der Waals surface area (Å²) in [6.45, 7) is 12.3. The molecule has 0 aliphatic heterocycles. The van der Waals surface area contributed by atoms with Crippen molar-refractivity contribution < 1.29 is 9.78 Å². The fourth-order valence-corrected chi connectivity index (χ4v) is 0.225. The molecule has 9 heavy (non-hydrogen) atoms. The Morgan fingerprint density at radius 2 is 2.33 bits per heavy atom. The van der Waals surface area contributed by atoms with Gasteiger partial charge in [0.05, 0.1) is 13.2 Å². The molecule has 0 saturated carbocycles. The van der Waals surface area contributed by atoms with Crippen LogP contribution in [0.3, 0.4) is 0 Å². The van der Waals surface area contributed by atoms with Crippen LogP contribution in [0.4, 0.5) is 0 Å². The molecule has 0 N–H and O–H groups in total. The summed E-state index contributed by atoms with van der Waals surface area (Å²) in [5, 5.41) is 0. The third-order valence-electron chi connectivity index (χ3n) is 0.585. The molecule has 0 rings (SSSR count). The van der Waals surface area contributed by atoms with Crippen molar-refractivity contribution in [3.8, 4) is 0 Å². The lowest BCUT2D eigenvalue weighted by atomic mass is 10.6. The topological polar surface area (TPSA) is 22.8 Å². The van der Waals surface area contributed by atoms with Crippen LogP contribution in [0.5, 0.6) is 0 Å². The SMILES string of the molecule is [C-]#[N+]C(=C)COOCC. The Kier molecular flexibility index (Phi) is 4.79. The van der Waals surface area contributed by atoms with Gasteiger partial charge in [0.1, 0.15) is 6.61 Å². The van der Waals surface area contributed by atoms with Crippen molar-refractivity contribution in [2.24, 2.45) is 0 Å². The van der Waals surface area contributed by atoms with Gasteiger partial charge in [-0.15, -0.1) is 0 Å². The first kappa shape index (κ1) is 8.15. The first-order chi connectivity index (χ1) is 4.31. The first-order valence-electron chi connectivity index (χ1n) is 2.61. The van der Waals surface area contributed by atoms with Gasteiger partial charge in [-0.1, -0.05) is 6.58 Å². The van der Waals surface area contributed by atoms with E-state index in [1.807, 2.05) is 0 Å². The third-order valence-corrected chi connectivity index (χ3v) is 0.585. The van der Waals surface area contributed by atoms with Crippen LogP contribution in [-0.4, -0.2) is 13.2 Å². The van der Waals surface area contributed by atoms with Crippen molar-refractivity contribution in [1.29, 1.82) is 0 Å². The zero-order valence-electron chi connectivity index (χ0n) is 5.39. The highest BCUT2D eigenvalue weighted by atomic mass is 17.2. The van der Waals surface area contributed by atoms with Crippen LogP contribution in [0, 0.1) is 6.57 Å². The molecule has 0 aromatic carbocycles. The molecule has 0 spiro atoms. The van der Waals surface area contributed by atoms with Gasteiger partial charge in [0.15, 0.2) is 5.70 Å². The number of hydrogen-bond donors (Lipinski definition) is 0. The van der Waals surface area contributed by atoms with Crippen molar-refractivity contribution in [3.63, 3.8) is 0 Å². The van der Waals surface area contributed by atoms with Crippen LogP contribution in [0.1, 0.15) is 6.92 Å². The van der Waals surface area contributed by atoms with Crippen molar-refractivity contribution in [2.75, 3.05) is 13.2 Å². The van der Waals surface area contributed by atoms with Gasteiger partial charge in [-0.2, -0.15) is 0 Å². The van der Waals surface area contributed by atoms with E-state index in [1.165, 1.54) is 0 Å². The maximum absolute atomic E-state index is 6.43. The average molecular weight is 127 g/mol. The van der Waals surface area contributed by atoms with E-state index >= 15 is 0 Å². The molecule has 0 aromatic rings. The quantitative estimate of drug-likeness (QED) is 0.246. The standard InChI is InChI=1S/C6H9NO2/c1-4-8-9-5-6(2)7-3/h2,4-5H2,1H3. The summed E-state index contributed by atoms with van der Waals surface area (Å²) >= 11 is 0. The zero-order chi connectivity index (χ0) is 7.11. The summed E-state index contributed by atoms with van der Waals surface area (Å²) in [6.07, 6.45) is 0. The van der Waals surface area contributed by atoms with Gasteiger partial charge in [-0.25, -0.2) is 14.6 Å². The fraction of sp³-hybridized carbons (Fsp3) is 0.500. The van der Waals surface area contributed by atoms with Gasteiger partial charge < -0.3 is 0 Å². The van der Waals surface area contributed by atoms with Crippen LogP contribution in [-0.2, 0) is 9.78 Å². The highest BCUT2D eigenvalue weighted by molar-refractivity contribution is 5.02. The second-order valence-corrected chi connectivity index (χ2v) is 1.35. The number of hydrogen-bond acceptors (Lipinski definition) is 2. The average Bonchev–Trinajstić information content (AvgIpc) is 1.89. The smallest absolute Gasteiger partial charge is 0.186 e. The molecule has 0 amide bonds. The summed E-state index contributed by atoms with van der Waals surface area (Å²) < 4.78 is 0. The number of rotatable bonds is 4. The molecular formula is C6H9NO2. The second-order valence-electron chi connectivity index (χ2n) is 1.35. The van der Waals surface area contributed by atoms with Crippen molar-refractivity contribution in [3.05, 3.63) is 23.7 Å². The molecule has 3 nitrogen and oxygen atoms in total. The first-order valence-corrected chi connectivity index (χ1v) is 2.61. The summed E-state index contributed by atoms with van der Waals surface area (Å²) in [5.74, 6) is 0. The Morgan fingerprint density at radius 1 is 1.67 bits per heavy atom. The Hall–Kier alpha value is -0.850. The van der Waals surface area contributed by atoms with Gasteiger partial charge in [0, 0.05) is 0 Å². The van der Waals surface area contributed by atoms with Crippen LogP contribution in [0.2, 0.25) is 0 Å². The Balaban J connectivity index is 3.10. The van der Waals surface area contributed by atoms with Crippen molar-refractivity contribution >= 4 is 0 Å². The molecule has 3 heteroatoms. The predicted octanol–water partition coefficient (Wildman–Crippen LogP) is 1.39. The van der Waals surface area contributed by atoms with E-state index in [0.717, 1.165) is 0 Å².